The number of hydrogen-bond donors (Lipinski definition) is 0. The van der Waals surface area contributed by atoms with Crippen LogP contribution >= 0.6 is 0 Å². The topological polar surface area (TPSA) is 39.4 Å². The van der Waals surface area contributed by atoms with Crippen LogP contribution in [0.1, 0.15) is 11.3 Å². The fraction of sp³-hybridized carbons (Fsp3) is 0.0714. The lowest BCUT2D eigenvalue weighted by atomic mass is 10.2. The molecular weight excluding hydrogens is 235 g/mol. The van der Waals surface area contributed by atoms with E-state index in [1.807, 2.05) is 0 Å². The van der Waals surface area contributed by atoms with Crippen molar-refractivity contribution in [2.75, 3.05) is 7.11 Å². The first-order chi connectivity index (χ1) is 8.67. The largest absolute Gasteiger partial charge is 0.496 e. The van der Waals surface area contributed by atoms with E-state index < -0.39 is 5.63 Å². The average Bonchev–Trinajstić information content (AvgIpc) is 2.36. The molecule has 2 rings (SSSR count). The molecular formula is C14H11FO3. The monoisotopic (exact) mass is 246 g/mol. The summed E-state index contributed by atoms with van der Waals surface area (Å²) >= 11 is 0. The zero-order valence-electron chi connectivity index (χ0n) is 9.72. The van der Waals surface area contributed by atoms with E-state index >= 15 is 0 Å². The van der Waals surface area contributed by atoms with Crippen molar-refractivity contribution in [1.29, 1.82) is 0 Å². The van der Waals surface area contributed by atoms with Crippen molar-refractivity contribution in [2.45, 2.75) is 0 Å². The van der Waals surface area contributed by atoms with Crippen LogP contribution in [0.4, 0.5) is 4.39 Å². The van der Waals surface area contributed by atoms with E-state index in [0.717, 1.165) is 0 Å². The highest BCUT2D eigenvalue weighted by Gasteiger charge is 1.98. The molecule has 0 aliphatic rings. The maximum atomic E-state index is 12.9. The van der Waals surface area contributed by atoms with Crippen LogP contribution in [-0.2, 0) is 0 Å². The average molecular weight is 246 g/mol. The van der Waals surface area contributed by atoms with Gasteiger partial charge in [-0.3, -0.25) is 0 Å². The van der Waals surface area contributed by atoms with Gasteiger partial charge in [-0.15, -0.1) is 0 Å². The molecule has 0 atom stereocenters. The third-order valence-corrected chi connectivity index (χ3v) is 2.29. The van der Waals surface area contributed by atoms with Crippen molar-refractivity contribution in [3.63, 3.8) is 0 Å². The Morgan fingerprint density at radius 1 is 1.22 bits per heavy atom. The summed E-state index contributed by atoms with van der Waals surface area (Å²) in [6.45, 7) is 0. The Labute approximate surface area is 103 Å². The summed E-state index contributed by atoms with van der Waals surface area (Å²) in [4.78, 5) is 11.2. The third-order valence-electron chi connectivity index (χ3n) is 2.29. The lowest BCUT2D eigenvalue weighted by Gasteiger charge is -1.99. The molecule has 0 saturated carbocycles. The predicted molar refractivity (Wildman–Crippen MR) is 66.9 cm³/mol. The predicted octanol–water partition coefficient (Wildman–Crippen LogP) is 2.96. The Hall–Kier alpha value is -2.36. The summed E-state index contributed by atoms with van der Waals surface area (Å²) in [5.74, 6) is 0.456. The van der Waals surface area contributed by atoms with E-state index in [9.17, 15) is 9.18 Å². The molecule has 0 spiro atoms. The van der Waals surface area contributed by atoms with Crippen molar-refractivity contribution in [1.82, 2.24) is 0 Å². The first kappa shape index (κ1) is 12.1. The van der Waals surface area contributed by atoms with Crippen molar-refractivity contribution in [2.24, 2.45) is 0 Å². The van der Waals surface area contributed by atoms with E-state index in [-0.39, 0.29) is 5.82 Å². The molecule has 0 aliphatic heterocycles. The third kappa shape index (κ3) is 3.07. The van der Waals surface area contributed by atoms with Crippen LogP contribution < -0.4 is 10.4 Å². The molecule has 0 bridgehead atoms. The zero-order valence-corrected chi connectivity index (χ0v) is 9.72. The lowest BCUT2D eigenvalue weighted by Crippen LogP contribution is -1.98. The second-order valence-electron chi connectivity index (χ2n) is 3.61. The first-order valence-electron chi connectivity index (χ1n) is 5.30. The second-order valence-corrected chi connectivity index (χ2v) is 3.61. The van der Waals surface area contributed by atoms with Crippen LogP contribution in [0.15, 0.2) is 45.6 Å². The van der Waals surface area contributed by atoms with Crippen LogP contribution in [0.5, 0.6) is 5.75 Å². The molecule has 0 aliphatic carbocycles. The maximum absolute atomic E-state index is 12.9. The highest BCUT2D eigenvalue weighted by atomic mass is 19.1. The van der Waals surface area contributed by atoms with Gasteiger partial charge in [0.1, 0.15) is 17.3 Å². The molecule has 3 nitrogen and oxygen atoms in total. The van der Waals surface area contributed by atoms with E-state index in [1.54, 1.807) is 30.4 Å². The molecule has 0 N–H and O–H groups in total. The van der Waals surface area contributed by atoms with Crippen LogP contribution in [-0.4, -0.2) is 7.11 Å². The maximum Gasteiger partial charge on any atom is 0.339 e. The summed E-state index contributed by atoms with van der Waals surface area (Å²) in [6, 6.07) is 8.93. The van der Waals surface area contributed by atoms with Gasteiger partial charge in [0.05, 0.1) is 13.2 Å². The molecule has 18 heavy (non-hydrogen) atoms. The number of hydrogen-bond acceptors (Lipinski definition) is 3. The molecule has 2 aromatic rings. The normalized spacial score (nSPS) is 10.8. The second kappa shape index (κ2) is 5.31. The smallest absolute Gasteiger partial charge is 0.339 e. The van der Waals surface area contributed by atoms with Gasteiger partial charge < -0.3 is 9.15 Å². The standard InChI is InChI=1S/C14H11FO3/c1-17-13-8-12(18-14(16)9-13)6-5-10-3-2-4-11(15)7-10/h2-9H,1H3/b6-5+. The number of benzene rings is 1. The Balaban J connectivity index is 2.28. The summed E-state index contributed by atoms with van der Waals surface area (Å²) in [5, 5.41) is 0. The number of methoxy groups -OCH3 is 1. The van der Waals surface area contributed by atoms with Gasteiger partial charge in [-0.2, -0.15) is 0 Å². The molecule has 1 aromatic heterocycles. The fourth-order valence-corrected chi connectivity index (χ4v) is 1.46. The molecule has 0 unspecified atom stereocenters. The Morgan fingerprint density at radius 2 is 2.06 bits per heavy atom. The lowest BCUT2D eigenvalue weighted by molar-refractivity contribution is 0.400. The van der Waals surface area contributed by atoms with Crippen molar-refractivity contribution in [3.05, 3.63) is 64.0 Å². The van der Waals surface area contributed by atoms with Gasteiger partial charge in [0.25, 0.3) is 0 Å². The van der Waals surface area contributed by atoms with Crippen LogP contribution in [0.3, 0.4) is 0 Å². The Bertz CT molecular complexity index is 629. The van der Waals surface area contributed by atoms with Crippen molar-refractivity contribution >= 4 is 12.2 Å². The van der Waals surface area contributed by atoms with Gasteiger partial charge in [0.15, 0.2) is 0 Å². The molecule has 1 aromatic carbocycles. The van der Waals surface area contributed by atoms with Crippen LogP contribution in [0.2, 0.25) is 0 Å². The highest BCUT2D eigenvalue weighted by molar-refractivity contribution is 5.67. The molecule has 92 valence electrons. The highest BCUT2D eigenvalue weighted by Crippen LogP contribution is 2.13. The Kier molecular flexibility index (Phi) is 3.57. The summed E-state index contributed by atoms with van der Waals surface area (Å²) < 4.78 is 22.9. The van der Waals surface area contributed by atoms with Crippen molar-refractivity contribution in [3.8, 4) is 5.75 Å². The van der Waals surface area contributed by atoms with Crippen LogP contribution in [0.25, 0.3) is 12.2 Å². The van der Waals surface area contributed by atoms with E-state index in [2.05, 4.69) is 0 Å². The summed E-state index contributed by atoms with van der Waals surface area (Å²) in [5.41, 5.74) is 0.189. The SMILES string of the molecule is COc1cc(/C=C/c2cccc(F)c2)oc(=O)c1. The first-order valence-corrected chi connectivity index (χ1v) is 5.30. The molecule has 0 amide bonds. The van der Waals surface area contributed by atoms with Gasteiger partial charge in [-0.05, 0) is 23.8 Å². The summed E-state index contributed by atoms with van der Waals surface area (Å²) in [6.07, 6.45) is 3.24. The number of halogens is 1. The van der Waals surface area contributed by atoms with E-state index in [1.165, 1.54) is 25.3 Å². The minimum absolute atomic E-state index is 0.316. The fourth-order valence-electron chi connectivity index (χ4n) is 1.46. The zero-order chi connectivity index (χ0) is 13.0. The van der Waals surface area contributed by atoms with Gasteiger partial charge in [-0.25, -0.2) is 9.18 Å². The molecule has 1 heterocycles. The molecule has 0 radical (unpaired) electrons. The molecule has 0 saturated heterocycles. The minimum atomic E-state index is -0.492. The van der Waals surface area contributed by atoms with Gasteiger partial charge in [-0.1, -0.05) is 18.2 Å². The van der Waals surface area contributed by atoms with Gasteiger partial charge in [0.2, 0.25) is 0 Å². The number of rotatable bonds is 3. The number of ether oxygens (including phenoxy) is 1. The van der Waals surface area contributed by atoms with Gasteiger partial charge in [0, 0.05) is 6.07 Å². The van der Waals surface area contributed by atoms with Crippen molar-refractivity contribution < 1.29 is 13.5 Å². The van der Waals surface area contributed by atoms with E-state index in [4.69, 9.17) is 9.15 Å². The van der Waals surface area contributed by atoms with Crippen LogP contribution in [0, 0.1) is 5.82 Å². The Morgan fingerprint density at radius 3 is 2.78 bits per heavy atom. The quantitative estimate of drug-likeness (QED) is 0.835. The van der Waals surface area contributed by atoms with Gasteiger partial charge >= 0.3 is 5.63 Å². The summed E-state index contributed by atoms with van der Waals surface area (Å²) in [7, 11) is 1.47. The molecule has 0 fully saturated rings. The van der Waals surface area contributed by atoms with E-state index in [0.29, 0.717) is 17.1 Å². The molecule has 4 heteroatoms. The minimum Gasteiger partial charge on any atom is -0.496 e.